The number of halogens is 1. The van der Waals surface area contributed by atoms with Crippen molar-refractivity contribution in [2.45, 2.75) is 19.4 Å². The largest absolute Gasteiger partial charge is 0.389 e. The second-order valence-corrected chi connectivity index (χ2v) is 5.91. The Morgan fingerprint density at radius 2 is 2.39 bits per heavy atom. The molecule has 1 aliphatic heterocycles. The highest BCUT2D eigenvalue weighted by atomic mass is 79.9. The minimum absolute atomic E-state index is 0.398. The maximum atomic E-state index is 5.63. The molecule has 1 aromatic rings. The number of ether oxygens (including phenoxy) is 1. The van der Waals surface area contributed by atoms with E-state index in [0.717, 1.165) is 35.4 Å². The zero-order valence-corrected chi connectivity index (χ0v) is 12.7. The van der Waals surface area contributed by atoms with E-state index >= 15 is 0 Å². The highest BCUT2D eigenvalue weighted by Crippen LogP contribution is 2.24. The first-order chi connectivity index (χ1) is 8.58. The van der Waals surface area contributed by atoms with Gasteiger partial charge in [0.2, 0.25) is 0 Å². The van der Waals surface area contributed by atoms with Crippen LogP contribution in [0.25, 0.3) is 0 Å². The predicted molar refractivity (Wildman–Crippen MR) is 82.0 cm³/mol. The van der Waals surface area contributed by atoms with Gasteiger partial charge in [-0.2, -0.15) is 0 Å². The van der Waals surface area contributed by atoms with Gasteiger partial charge in [-0.3, -0.25) is 0 Å². The Kier molecular flexibility index (Phi) is 4.59. The van der Waals surface area contributed by atoms with Crippen molar-refractivity contribution in [2.75, 3.05) is 18.5 Å². The predicted octanol–water partition coefficient (Wildman–Crippen LogP) is 2.92. The van der Waals surface area contributed by atoms with E-state index in [9.17, 15) is 0 Å². The molecule has 5 heteroatoms. The lowest BCUT2D eigenvalue weighted by Crippen LogP contribution is -2.26. The molecule has 1 heterocycles. The van der Waals surface area contributed by atoms with Crippen LogP contribution in [-0.2, 0) is 4.74 Å². The fraction of sp³-hybridized carbons (Fsp3) is 0.462. The first kappa shape index (κ1) is 13.8. The molecule has 0 aliphatic carbocycles. The van der Waals surface area contributed by atoms with Gasteiger partial charge in [-0.25, -0.2) is 0 Å². The smallest absolute Gasteiger partial charge is 0.105 e. The molecule has 0 aromatic heterocycles. The molecule has 1 saturated heterocycles. The first-order valence-electron chi connectivity index (χ1n) is 6.01. The van der Waals surface area contributed by atoms with Crippen LogP contribution in [-0.4, -0.2) is 24.2 Å². The molecule has 0 spiro atoms. The summed E-state index contributed by atoms with van der Waals surface area (Å²) in [6.07, 6.45) is 1.13. The van der Waals surface area contributed by atoms with E-state index in [4.69, 9.17) is 22.7 Å². The molecule has 18 heavy (non-hydrogen) atoms. The number of hydrogen-bond donors (Lipinski definition) is 2. The fourth-order valence-corrected chi connectivity index (χ4v) is 3.03. The van der Waals surface area contributed by atoms with Crippen LogP contribution in [0.1, 0.15) is 18.9 Å². The Labute approximate surface area is 121 Å². The number of anilines is 1. The van der Waals surface area contributed by atoms with Gasteiger partial charge < -0.3 is 15.8 Å². The number of thiocarbonyl (C=S) groups is 1. The molecule has 2 unspecified atom stereocenters. The number of hydrogen-bond acceptors (Lipinski definition) is 3. The second-order valence-electron chi connectivity index (χ2n) is 4.62. The summed E-state index contributed by atoms with van der Waals surface area (Å²) in [4.78, 5) is 0.408. The average Bonchev–Trinajstić information content (AvgIpc) is 2.81. The van der Waals surface area contributed by atoms with Gasteiger partial charge in [-0.1, -0.05) is 12.2 Å². The van der Waals surface area contributed by atoms with Gasteiger partial charge in [0.25, 0.3) is 0 Å². The van der Waals surface area contributed by atoms with Gasteiger partial charge in [0.1, 0.15) is 4.99 Å². The van der Waals surface area contributed by atoms with Crippen LogP contribution in [0.2, 0.25) is 0 Å². The standard InChI is InChI=1S/C13H17BrN2OS/c1-8(9-4-5-17-7-9)16-10-2-3-11(13(15)18)12(14)6-10/h2-3,6,8-9,16H,4-5,7H2,1H3,(H2,15,18). The quantitative estimate of drug-likeness (QED) is 0.834. The summed E-state index contributed by atoms with van der Waals surface area (Å²) in [6.45, 7) is 3.91. The van der Waals surface area contributed by atoms with Gasteiger partial charge in [-0.15, -0.1) is 0 Å². The molecular formula is C13H17BrN2OS. The Morgan fingerprint density at radius 1 is 1.61 bits per heavy atom. The number of benzene rings is 1. The van der Waals surface area contributed by atoms with Crippen molar-refractivity contribution in [3.8, 4) is 0 Å². The topological polar surface area (TPSA) is 47.3 Å². The van der Waals surface area contributed by atoms with Crippen molar-refractivity contribution in [2.24, 2.45) is 11.7 Å². The van der Waals surface area contributed by atoms with Crippen molar-refractivity contribution in [3.63, 3.8) is 0 Å². The van der Waals surface area contributed by atoms with E-state index in [1.54, 1.807) is 0 Å². The van der Waals surface area contributed by atoms with Crippen molar-refractivity contribution in [1.29, 1.82) is 0 Å². The van der Waals surface area contributed by atoms with Crippen LogP contribution in [0.4, 0.5) is 5.69 Å². The monoisotopic (exact) mass is 328 g/mol. The molecule has 1 aliphatic rings. The highest BCUT2D eigenvalue weighted by Gasteiger charge is 2.22. The molecule has 1 aromatic carbocycles. The third kappa shape index (κ3) is 3.22. The van der Waals surface area contributed by atoms with Crippen molar-refractivity contribution < 1.29 is 4.74 Å². The van der Waals surface area contributed by atoms with Gasteiger partial charge >= 0.3 is 0 Å². The lowest BCUT2D eigenvalue weighted by atomic mass is 10.0. The van der Waals surface area contributed by atoms with Crippen molar-refractivity contribution in [3.05, 3.63) is 28.2 Å². The lowest BCUT2D eigenvalue weighted by molar-refractivity contribution is 0.183. The summed E-state index contributed by atoms with van der Waals surface area (Å²) in [6, 6.07) is 6.36. The van der Waals surface area contributed by atoms with Crippen molar-refractivity contribution in [1.82, 2.24) is 0 Å². The molecule has 3 N–H and O–H groups in total. The lowest BCUT2D eigenvalue weighted by Gasteiger charge is -2.21. The molecule has 0 bridgehead atoms. The average molecular weight is 329 g/mol. The molecule has 3 nitrogen and oxygen atoms in total. The van der Waals surface area contributed by atoms with E-state index in [-0.39, 0.29) is 0 Å². The summed E-state index contributed by atoms with van der Waals surface area (Å²) in [7, 11) is 0. The molecular weight excluding hydrogens is 312 g/mol. The van der Waals surface area contributed by atoms with E-state index in [1.807, 2.05) is 18.2 Å². The Balaban J connectivity index is 2.05. The third-order valence-electron chi connectivity index (χ3n) is 3.30. The summed E-state index contributed by atoms with van der Waals surface area (Å²) in [5.74, 6) is 0.582. The normalized spacial score (nSPS) is 20.7. The van der Waals surface area contributed by atoms with Gasteiger partial charge in [0.05, 0.1) is 6.61 Å². The van der Waals surface area contributed by atoms with Crippen LogP contribution < -0.4 is 11.1 Å². The summed E-state index contributed by atoms with van der Waals surface area (Å²) in [5, 5.41) is 3.50. The fourth-order valence-electron chi connectivity index (χ4n) is 2.13. The number of nitrogens with two attached hydrogens (primary N) is 1. The van der Waals surface area contributed by atoms with E-state index in [1.165, 1.54) is 0 Å². The van der Waals surface area contributed by atoms with E-state index in [0.29, 0.717) is 16.9 Å². The number of rotatable bonds is 4. The highest BCUT2D eigenvalue weighted by molar-refractivity contribution is 9.10. The minimum atomic E-state index is 0.398. The second kappa shape index (κ2) is 5.99. The van der Waals surface area contributed by atoms with Gasteiger partial charge in [0, 0.05) is 34.3 Å². The van der Waals surface area contributed by atoms with E-state index in [2.05, 4.69) is 28.2 Å². The summed E-state index contributed by atoms with van der Waals surface area (Å²) < 4.78 is 6.33. The molecule has 0 radical (unpaired) electrons. The van der Waals surface area contributed by atoms with Crippen LogP contribution in [0, 0.1) is 5.92 Å². The maximum Gasteiger partial charge on any atom is 0.105 e. The molecule has 1 fully saturated rings. The zero-order valence-electron chi connectivity index (χ0n) is 10.3. The van der Waals surface area contributed by atoms with Crippen LogP contribution in [0.15, 0.2) is 22.7 Å². The van der Waals surface area contributed by atoms with Crippen molar-refractivity contribution >= 4 is 38.8 Å². The maximum absolute atomic E-state index is 5.63. The van der Waals surface area contributed by atoms with Gasteiger partial charge in [0.15, 0.2) is 0 Å². The molecule has 0 saturated carbocycles. The SMILES string of the molecule is CC(Nc1ccc(C(N)=S)c(Br)c1)C1CCOC1. The summed E-state index contributed by atoms with van der Waals surface area (Å²) >= 11 is 8.47. The van der Waals surface area contributed by atoms with Crippen LogP contribution in [0.5, 0.6) is 0 Å². The molecule has 0 amide bonds. The Hall–Kier alpha value is -0.650. The minimum Gasteiger partial charge on any atom is -0.389 e. The molecule has 98 valence electrons. The Bertz CT molecular complexity index is 447. The zero-order chi connectivity index (χ0) is 13.1. The van der Waals surface area contributed by atoms with Gasteiger partial charge in [-0.05, 0) is 47.5 Å². The third-order valence-corrected chi connectivity index (χ3v) is 4.18. The molecule has 2 atom stereocenters. The Morgan fingerprint density at radius 3 is 2.94 bits per heavy atom. The van der Waals surface area contributed by atoms with Crippen LogP contribution >= 0.6 is 28.1 Å². The number of nitrogens with one attached hydrogen (secondary N) is 1. The first-order valence-corrected chi connectivity index (χ1v) is 7.21. The summed E-state index contributed by atoms with van der Waals surface area (Å²) in [5.41, 5.74) is 7.57. The van der Waals surface area contributed by atoms with E-state index < -0.39 is 0 Å². The van der Waals surface area contributed by atoms with Crippen LogP contribution in [0.3, 0.4) is 0 Å². The molecule has 2 rings (SSSR count).